The summed E-state index contributed by atoms with van der Waals surface area (Å²) in [4.78, 5) is 29.5. The Labute approximate surface area is 195 Å². The van der Waals surface area contributed by atoms with Gasteiger partial charge in [0.05, 0.1) is 24.1 Å². The molecule has 5 rings (SSSR count). The highest BCUT2D eigenvalue weighted by Crippen LogP contribution is 2.41. The van der Waals surface area contributed by atoms with Crippen molar-refractivity contribution >= 4 is 23.1 Å². The number of hydrogen-bond donors (Lipinski definition) is 1. The van der Waals surface area contributed by atoms with Crippen LogP contribution in [0.25, 0.3) is 5.76 Å². The van der Waals surface area contributed by atoms with Crippen molar-refractivity contribution in [3.8, 4) is 5.75 Å². The lowest BCUT2D eigenvalue weighted by molar-refractivity contribution is -0.140. The number of benzene rings is 2. The average Bonchev–Trinajstić information content (AvgIpc) is 3.46. The summed E-state index contributed by atoms with van der Waals surface area (Å²) < 4.78 is 24.5. The number of hydrogen-bond acceptors (Lipinski definition) is 6. The molecule has 2 aromatic carbocycles. The molecule has 2 aliphatic heterocycles. The number of anilines is 1. The molecule has 7 nitrogen and oxygen atoms in total. The van der Waals surface area contributed by atoms with E-state index in [2.05, 4.69) is 0 Å². The zero-order chi connectivity index (χ0) is 23.8. The normalized spacial score (nSPS) is 19.3. The van der Waals surface area contributed by atoms with Crippen LogP contribution in [-0.2, 0) is 16.0 Å². The molecule has 3 heterocycles. The quantitative estimate of drug-likeness (QED) is 0.352. The molecule has 2 aliphatic rings. The first-order valence-electron chi connectivity index (χ1n) is 11.0. The van der Waals surface area contributed by atoms with E-state index in [4.69, 9.17) is 9.15 Å². The van der Waals surface area contributed by atoms with E-state index in [0.29, 0.717) is 36.6 Å². The van der Waals surface area contributed by atoms with Crippen LogP contribution in [0, 0.1) is 5.82 Å². The van der Waals surface area contributed by atoms with Crippen LogP contribution in [0.5, 0.6) is 5.75 Å². The number of fused-ring (bicyclic) bond motifs is 1. The van der Waals surface area contributed by atoms with Crippen LogP contribution in [0.15, 0.2) is 70.9 Å². The van der Waals surface area contributed by atoms with Crippen molar-refractivity contribution in [3.63, 3.8) is 0 Å². The Morgan fingerprint density at radius 2 is 1.94 bits per heavy atom. The maximum Gasteiger partial charge on any atom is 0.295 e. The molecule has 1 N–H and O–H groups in total. The second-order valence-corrected chi connectivity index (χ2v) is 8.34. The van der Waals surface area contributed by atoms with E-state index in [9.17, 15) is 19.1 Å². The van der Waals surface area contributed by atoms with Gasteiger partial charge in [0.15, 0.2) is 0 Å². The number of ether oxygens (including phenoxy) is 1. The van der Waals surface area contributed by atoms with Gasteiger partial charge < -0.3 is 24.1 Å². The fourth-order valence-corrected chi connectivity index (χ4v) is 4.41. The molecular weight excluding hydrogens is 439 g/mol. The van der Waals surface area contributed by atoms with Crippen LogP contribution in [0.4, 0.5) is 10.1 Å². The largest absolute Gasteiger partial charge is 0.507 e. The van der Waals surface area contributed by atoms with Gasteiger partial charge in [0.25, 0.3) is 11.7 Å². The first kappa shape index (κ1) is 21.8. The lowest BCUT2D eigenvalue weighted by atomic mass is 9.98. The third-order valence-electron chi connectivity index (χ3n) is 6.24. The zero-order valence-corrected chi connectivity index (χ0v) is 18.5. The Balaban J connectivity index is 1.53. The molecule has 0 bridgehead atoms. The number of likely N-dealkylation sites (N-methyl/N-ethyl adjacent to an activating group) is 1. The van der Waals surface area contributed by atoms with Crippen LogP contribution in [-0.4, -0.2) is 48.4 Å². The number of ketones is 1. The number of Topliss-reactive ketones (excluding diaryl/α,β-unsaturated/α-hetero) is 1. The minimum atomic E-state index is -0.875. The van der Waals surface area contributed by atoms with E-state index in [-0.39, 0.29) is 23.7 Å². The van der Waals surface area contributed by atoms with E-state index >= 15 is 0 Å². The zero-order valence-electron chi connectivity index (χ0n) is 18.5. The van der Waals surface area contributed by atoms with E-state index < -0.39 is 17.7 Å². The van der Waals surface area contributed by atoms with Crippen molar-refractivity contribution in [1.29, 1.82) is 0 Å². The number of carbonyl (C=O) groups is 2. The molecule has 0 spiro atoms. The van der Waals surface area contributed by atoms with Gasteiger partial charge in [0.2, 0.25) is 0 Å². The van der Waals surface area contributed by atoms with E-state index in [1.165, 1.54) is 23.3 Å². The van der Waals surface area contributed by atoms with Crippen molar-refractivity contribution in [1.82, 2.24) is 4.90 Å². The molecule has 3 aromatic rings. The summed E-state index contributed by atoms with van der Waals surface area (Å²) in [6.45, 7) is 1.45. The van der Waals surface area contributed by atoms with Gasteiger partial charge in [-0.3, -0.25) is 9.59 Å². The summed E-state index contributed by atoms with van der Waals surface area (Å²) in [5.41, 5.74) is 1.98. The van der Waals surface area contributed by atoms with Crippen LogP contribution in [0.3, 0.4) is 0 Å². The molecule has 174 valence electrons. The monoisotopic (exact) mass is 462 g/mol. The van der Waals surface area contributed by atoms with Crippen molar-refractivity contribution in [2.45, 2.75) is 12.5 Å². The summed E-state index contributed by atoms with van der Waals surface area (Å²) in [5, 5.41) is 11.2. The number of furan rings is 1. The van der Waals surface area contributed by atoms with E-state index in [1.54, 1.807) is 42.5 Å². The van der Waals surface area contributed by atoms with Gasteiger partial charge >= 0.3 is 0 Å². The fraction of sp³-hybridized carbons (Fsp3) is 0.231. The highest BCUT2D eigenvalue weighted by molar-refractivity contribution is 6.46. The summed E-state index contributed by atoms with van der Waals surface area (Å²) >= 11 is 0. The number of amides is 1. The van der Waals surface area contributed by atoms with Crippen molar-refractivity contribution in [2.24, 2.45) is 0 Å². The number of likely N-dealkylation sites (tertiary alicyclic amines) is 1. The first-order chi connectivity index (χ1) is 16.4. The SMILES string of the molecule is CN1CCOc2ccc(/C(O)=C3/C(=O)C(=O)N(CCc4ccc(F)cc4)C3c3ccco3)cc21. The number of nitrogens with zero attached hydrogens (tertiary/aromatic N) is 2. The van der Waals surface area contributed by atoms with E-state index in [0.717, 1.165) is 11.3 Å². The lowest BCUT2D eigenvalue weighted by Gasteiger charge is -2.28. The maximum atomic E-state index is 13.3. The predicted molar refractivity (Wildman–Crippen MR) is 123 cm³/mol. The Morgan fingerprint density at radius 1 is 1.15 bits per heavy atom. The Hall–Kier alpha value is -4.07. The van der Waals surface area contributed by atoms with Crippen LogP contribution >= 0.6 is 0 Å². The Bertz CT molecular complexity index is 1270. The second kappa shape index (κ2) is 8.70. The lowest BCUT2D eigenvalue weighted by Crippen LogP contribution is -2.31. The van der Waals surface area contributed by atoms with Gasteiger partial charge in [-0.15, -0.1) is 0 Å². The van der Waals surface area contributed by atoms with Crippen LogP contribution in [0.1, 0.15) is 22.9 Å². The number of rotatable bonds is 5. The molecule has 0 radical (unpaired) electrons. The molecular formula is C26H23FN2O5. The third-order valence-corrected chi connectivity index (χ3v) is 6.24. The van der Waals surface area contributed by atoms with Crippen LogP contribution < -0.4 is 9.64 Å². The van der Waals surface area contributed by atoms with Gasteiger partial charge in [-0.1, -0.05) is 12.1 Å². The highest BCUT2D eigenvalue weighted by atomic mass is 19.1. The number of halogens is 1. The number of carbonyl (C=O) groups excluding carboxylic acids is 2. The van der Waals surface area contributed by atoms with Crippen LogP contribution in [0.2, 0.25) is 0 Å². The summed E-state index contributed by atoms with van der Waals surface area (Å²) in [7, 11) is 1.92. The Morgan fingerprint density at radius 3 is 2.68 bits per heavy atom. The van der Waals surface area contributed by atoms with Gasteiger partial charge in [-0.05, 0) is 54.4 Å². The molecule has 0 saturated carbocycles. The summed E-state index contributed by atoms with van der Waals surface area (Å²) in [6, 6.07) is 13.6. The smallest absolute Gasteiger partial charge is 0.295 e. The summed E-state index contributed by atoms with van der Waals surface area (Å²) in [5.74, 6) is -1.05. The fourth-order valence-electron chi connectivity index (χ4n) is 4.41. The molecule has 1 aromatic heterocycles. The molecule has 1 fully saturated rings. The molecule has 1 atom stereocenters. The van der Waals surface area contributed by atoms with Gasteiger partial charge in [0, 0.05) is 19.2 Å². The van der Waals surface area contributed by atoms with Gasteiger partial charge in [-0.25, -0.2) is 4.39 Å². The summed E-state index contributed by atoms with van der Waals surface area (Å²) in [6.07, 6.45) is 1.87. The Kier molecular flexibility index (Phi) is 5.57. The average molecular weight is 462 g/mol. The van der Waals surface area contributed by atoms with Crippen molar-refractivity contribution < 1.29 is 28.2 Å². The molecule has 1 saturated heterocycles. The topological polar surface area (TPSA) is 83.2 Å². The predicted octanol–water partition coefficient (Wildman–Crippen LogP) is 3.91. The molecule has 34 heavy (non-hydrogen) atoms. The third kappa shape index (κ3) is 3.81. The highest BCUT2D eigenvalue weighted by Gasteiger charge is 2.47. The van der Waals surface area contributed by atoms with Gasteiger partial charge in [0.1, 0.15) is 35.7 Å². The van der Waals surface area contributed by atoms with E-state index in [1.807, 2.05) is 11.9 Å². The van der Waals surface area contributed by atoms with Crippen molar-refractivity contribution in [2.75, 3.05) is 31.6 Å². The first-order valence-corrected chi connectivity index (χ1v) is 11.0. The van der Waals surface area contributed by atoms with Gasteiger partial charge in [-0.2, -0.15) is 0 Å². The second-order valence-electron chi connectivity index (χ2n) is 8.34. The minimum absolute atomic E-state index is 0.0293. The number of aliphatic hydroxyl groups is 1. The molecule has 1 amide bonds. The standard InChI is InChI=1S/C26H23FN2O5/c1-28-12-14-34-20-9-6-17(15-19(20)28)24(30)22-23(21-3-2-13-33-21)29(26(32)25(22)31)11-10-16-4-7-18(27)8-5-16/h2-9,13,15,23,30H,10-12,14H2,1H3/b24-22-. The molecule has 8 heteroatoms. The maximum absolute atomic E-state index is 13.3. The minimum Gasteiger partial charge on any atom is -0.507 e. The molecule has 0 aliphatic carbocycles. The molecule has 1 unspecified atom stereocenters. The van der Waals surface area contributed by atoms with Crippen molar-refractivity contribution in [3.05, 3.63) is 89.1 Å². The number of aliphatic hydroxyl groups excluding tert-OH is 1.